The molecule has 0 spiro atoms. The van der Waals surface area contributed by atoms with Gasteiger partial charge in [-0.05, 0) is 39.3 Å². The maximum atomic E-state index is 12.2. The van der Waals surface area contributed by atoms with Crippen LogP contribution in [0.3, 0.4) is 0 Å². The first-order valence-electron chi connectivity index (χ1n) is 7.02. The molecular weight excluding hydrogens is 288 g/mol. The molecule has 0 unspecified atom stereocenters. The molecule has 1 aromatic rings. The first kappa shape index (κ1) is 17.5. The standard InChI is InChI=1S/C15H24N2O3S/c1-5-10-21(19,20)13-9-7-6-8-12(13)16-11-14(18)17-15(2,3)4/h6-9,16H,5,10-11H2,1-4H3,(H,17,18). The largest absolute Gasteiger partial charge is 0.375 e. The lowest BCUT2D eigenvalue weighted by molar-refractivity contribution is -0.120. The molecule has 0 fully saturated rings. The molecule has 0 bridgehead atoms. The molecule has 21 heavy (non-hydrogen) atoms. The normalized spacial score (nSPS) is 12.0. The van der Waals surface area contributed by atoms with Crippen LogP contribution >= 0.6 is 0 Å². The Bertz CT molecular complexity index is 589. The van der Waals surface area contributed by atoms with Gasteiger partial charge in [0, 0.05) is 5.54 Å². The van der Waals surface area contributed by atoms with Gasteiger partial charge in [0.05, 0.1) is 22.9 Å². The summed E-state index contributed by atoms with van der Waals surface area (Å²) in [7, 11) is -3.32. The second kappa shape index (κ2) is 6.93. The molecule has 1 rings (SSSR count). The quantitative estimate of drug-likeness (QED) is 0.844. The fourth-order valence-corrected chi connectivity index (χ4v) is 3.42. The van der Waals surface area contributed by atoms with Crippen LogP contribution in [0.1, 0.15) is 34.1 Å². The molecule has 0 saturated heterocycles. The maximum Gasteiger partial charge on any atom is 0.239 e. The highest BCUT2D eigenvalue weighted by atomic mass is 32.2. The van der Waals surface area contributed by atoms with Crippen LogP contribution in [0.2, 0.25) is 0 Å². The van der Waals surface area contributed by atoms with Gasteiger partial charge in [-0.25, -0.2) is 8.42 Å². The summed E-state index contributed by atoms with van der Waals surface area (Å²) in [5, 5.41) is 5.73. The Morgan fingerprint density at radius 2 is 1.81 bits per heavy atom. The van der Waals surface area contributed by atoms with E-state index in [9.17, 15) is 13.2 Å². The van der Waals surface area contributed by atoms with Gasteiger partial charge in [0.2, 0.25) is 5.91 Å². The van der Waals surface area contributed by atoms with Crippen LogP contribution in [0.25, 0.3) is 0 Å². The number of benzene rings is 1. The Kier molecular flexibility index (Phi) is 5.78. The van der Waals surface area contributed by atoms with Gasteiger partial charge < -0.3 is 10.6 Å². The zero-order valence-electron chi connectivity index (χ0n) is 13.1. The third kappa shape index (κ3) is 5.75. The summed E-state index contributed by atoms with van der Waals surface area (Å²) >= 11 is 0. The van der Waals surface area contributed by atoms with Crippen LogP contribution in [-0.4, -0.2) is 32.2 Å². The summed E-state index contributed by atoms with van der Waals surface area (Å²) in [6, 6.07) is 6.67. The molecule has 0 aliphatic heterocycles. The summed E-state index contributed by atoms with van der Waals surface area (Å²) < 4.78 is 24.4. The van der Waals surface area contributed by atoms with Gasteiger partial charge in [-0.2, -0.15) is 0 Å². The van der Waals surface area contributed by atoms with E-state index in [0.717, 1.165) is 0 Å². The molecule has 5 nitrogen and oxygen atoms in total. The van der Waals surface area contributed by atoms with E-state index in [0.29, 0.717) is 12.1 Å². The predicted molar refractivity (Wildman–Crippen MR) is 85.2 cm³/mol. The molecule has 0 saturated carbocycles. The number of anilines is 1. The lowest BCUT2D eigenvalue weighted by Gasteiger charge is -2.21. The summed E-state index contributed by atoms with van der Waals surface area (Å²) in [6.45, 7) is 7.54. The van der Waals surface area contributed by atoms with E-state index < -0.39 is 9.84 Å². The third-order valence-electron chi connectivity index (χ3n) is 2.65. The van der Waals surface area contributed by atoms with Gasteiger partial charge in [0.1, 0.15) is 0 Å². The Balaban J connectivity index is 2.84. The Labute approximate surface area is 127 Å². The number of para-hydroxylation sites is 1. The number of hydrogen-bond acceptors (Lipinski definition) is 4. The topological polar surface area (TPSA) is 75.3 Å². The number of carbonyl (C=O) groups excluding carboxylic acids is 1. The summed E-state index contributed by atoms with van der Waals surface area (Å²) in [4.78, 5) is 12.0. The molecule has 0 aromatic heterocycles. The van der Waals surface area contributed by atoms with E-state index in [1.165, 1.54) is 0 Å². The van der Waals surface area contributed by atoms with Crippen molar-refractivity contribution in [2.24, 2.45) is 0 Å². The first-order chi connectivity index (χ1) is 9.65. The van der Waals surface area contributed by atoms with Gasteiger partial charge in [0.15, 0.2) is 9.84 Å². The minimum atomic E-state index is -3.32. The van der Waals surface area contributed by atoms with Crippen molar-refractivity contribution in [1.82, 2.24) is 5.32 Å². The first-order valence-corrected chi connectivity index (χ1v) is 8.67. The Morgan fingerprint density at radius 3 is 2.38 bits per heavy atom. The molecular formula is C15H24N2O3S. The third-order valence-corrected chi connectivity index (χ3v) is 4.62. The lowest BCUT2D eigenvalue weighted by Crippen LogP contribution is -2.43. The number of nitrogens with one attached hydrogen (secondary N) is 2. The van der Waals surface area contributed by atoms with Crippen molar-refractivity contribution < 1.29 is 13.2 Å². The average Bonchev–Trinajstić information content (AvgIpc) is 2.34. The number of rotatable bonds is 6. The fraction of sp³-hybridized carbons (Fsp3) is 0.533. The second-order valence-electron chi connectivity index (χ2n) is 5.97. The van der Waals surface area contributed by atoms with Crippen molar-refractivity contribution in [3.05, 3.63) is 24.3 Å². The molecule has 118 valence electrons. The van der Waals surface area contributed by atoms with Gasteiger partial charge in [0.25, 0.3) is 0 Å². The Morgan fingerprint density at radius 1 is 1.19 bits per heavy atom. The zero-order chi connectivity index (χ0) is 16.1. The highest BCUT2D eigenvalue weighted by molar-refractivity contribution is 7.91. The van der Waals surface area contributed by atoms with Gasteiger partial charge in [-0.1, -0.05) is 19.1 Å². The van der Waals surface area contributed by atoms with E-state index in [2.05, 4.69) is 10.6 Å². The van der Waals surface area contributed by atoms with E-state index in [1.54, 1.807) is 24.3 Å². The molecule has 0 radical (unpaired) electrons. The van der Waals surface area contributed by atoms with Crippen molar-refractivity contribution in [2.75, 3.05) is 17.6 Å². The molecule has 1 aromatic carbocycles. The van der Waals surface area contributed by atoms with Crippen LogP contribution < -0.4 is 10.6 Å². The van der Waals surface area contributed by atoms with Crippen LogP contribution in [-0.2, 0) is 14.6 Å². The van der Waals surface area contributed by atoms with E-state index in [-0.39, 0.29) is 28.6 Å². The smallest absolute Gasteiger partial charge is 0.239 e. The van der Waals surface area contributed by atoms with Crippen molar-refractivity contribution in [3.8, 4) is 0 Å². The highest BCUT2D eigenvalue weighted by Crippen LogP contribution is 2.22. The van der Waals surface area contributed by atoms with Crippen molar-refractivity contribution in [1.29, 1.82) is 0 Å². The summed E-state index contributed by atoms with van der Waals surface area (Å²) in [5.41, 5.74) is 0.155. The number of amides is 1. The molecule has 2 N–H and O–H groups in total. The predicted octanol–water partition coefficient (Wildman–Crippen LogP) is 2.20. The molecule has 0 heterocycles. The molecule has 0 aliphatic rings. The number of hydrogen-bond donors (Lipinski definition) is 2. The van der Waals surface area contributed by atoms with Crippen LogP contribution in [0.4, 0.5) is 5.69 Å². The maximum absolute atomic E-state index is 12.2. The number of sulfone groups is 1. The second-order valence-corrected chi connectivity index (χ2v) is 8.04. The van der Waals surface area contributed by atoms with Crippen LogP contribution in [0.5, 0.6) is 0 Å². The highest BCUT2D eigenvalue weighted by Gasteiger charge is 2.18. The van der Waals surface area contributed by atoms with Crippen molar-refractivity contribution >= 4 is 21.4 Å². The van der Waals surface area contributed by atoms with Crippen molar-refractivity contribution in [2.45, 2.75) is 44.6 Å². The summed E-state index contributed by atoms with van der Waals surface area (Å²) in [5.74, 6) is -0.0786. The minimum Gasteiger partial charge on any atom is -0.375 e. The zero-order valence-corrected chi connectivity index (χ0v) is 13.9. The van der Waals surface area contributed by atoms with Gasteiger partial charge in [-0.15, -0.1) is 0 Å². The van der Waals surface area contributed by atoms with Gasteiger partial charge in [-0.3, -0.25) is 4.79 Å². The molecule has 0 aliphatic carbocycles. The Hall–Kier alpha value is -1.56. The monoisotopic (exact) mass is 312 g/mol. The number of carbonyl (C=O) groups is 1. The van der Waals surface area contributed by atoms with E-state index in [1.807, 2.05) is 27.7 Å². The minimum absolute atomic E-state index is 0.0376. The lowest BCUT2D eigenvalue weighted by atomic mass is 10.1. The van der Waals surface area contributed by atoms with Crippen molar-refractivity contribution in [3.63, 3.8) is 0 Å². The fourth-order valence-electron chi connectivity index (χ4n) is 1.90. The van der Waals surface area contributed by atoms with Crippen LogP contribution in [0, 0.1) is 0 Å². The average molecular weight is 312 g/mol. The molecule has 0 atom stereocenters. The summed E-state index contributed by atoms with van der Waals surface area (Å²) in [6.07, 6.45) is 0.557. The van der Waals surface area contributed by atoms with Gasteiger partial charge >= 0.3 is 0 Å². The van der Waals surface area contributed by atoms with E-state index in [4.69, 9.17) is 0 Å². The van der Waals surface area contributed by atoms with Crippen LogP contribution in [0.15, 0.2) is 29.2 Å². The SMILES string of the molecule is CCCS(=O)(=O)c1ccccc1NCC(=O)NC(C)(C)C. The molecule has 1 amide bonds. The van der Waals surface area contributed by atoms with E-state index >= 15 is 0 Å². The molecule has 6 heteroatoms.